The fourth-order valence-corrected chi connectivity index (χ4v) is 4.54. The van der Waals surface area contributed by atoms with E-state index in [1.807, 2.05) is 0 Å². The minimum Gasteiger partial charge on any atom is -0.292 e. The fourth-order valence-electron chi connectivity index (χ4n) is 4.54. The zero-order chi connectivity index (χ0) is 27.4. The van der Waals surface area contributed by atoms with E-state index in [4.69, 9.17) is 0 Å². The van der Waals surface area contributed by atoms with Crippen LogP contribution in [-0.2, 0) is 28.8 Å². The van der Waals surface area contributed by atoms with Crippen molar-refractivity contribution in [2.24, 2.45) is 5.41 Å². The normalized spacial score (nSPS) is 20.9. The summed E-state index contributed by atoms with van der Waals surface area (Å²) in [6, 6.07) is 10.2. The minimum atomic E-state index is -2.79. The number of benzene rings is 2. The SMILES string of the molecule is O=C1CC(C(=O)c2cccc(N3C(=O)C=CC3=O)c2)(C(=O)c2ccccc2N2C(=O)C=CC2=O)C(=O)N1O. The number of anilines is 2. The number of imide groups is 3. The number of carbonyl (C=O) groups is 8. The van der Waals surface area contributed by atoms with Crippen molar-refractivity contribution in [1.29, 1.82) is 0 Å². The van der Waals surface area contributed by atoms with Gasteiger partial charge in [-0.3, -0.25) is 43.6 Å². The molecule has 2 aromatic carbocycles. The third-order valence-corrected chi connectivity index (χ3v) is 6.36. The molecule has 12 nitrogen and oxygen atoms in total. The zero-order valence-electron chi connectivity index (χ0n) is 19.2. The number of amides is 6. The Bertz CT molecular complexity index is 1550. The topological polar surface area (TPSA) is 167 Å². The average Bonchev–Trinajstić information content (AvgIpc) is 3.51. The average molecular weight is 513 g/mol. The predicted octanol–water partition coefficient (Wildman–Crippen LogP) is 0.745. The summed E-state index contributed by atoms with van der Waals surface area (Å²) in [6.45, 7) is 0. The van der Waals surface area contributed by atoms with Crippen LogP contribution in [0.15, 0.2) is 72.8 Å². The molecule has 0 aliphatic carbocycles. The molecule has 188 valence electrons. The van der Waals surface area contributed by atoms with Crippen LogP contribution in [0.4, 0.5) is 11.4 Å². The Labute approximate surface area is 213 Å². The molecule has 1 fully saturated rings. The van der Waals surface area contributed by atoms with Crippen molar-refractivity contribution in [1.82, 2.24) is 5.06 Å². The van der Waals surface area contributed by atoms with Gasteiger partial charge in [0.15, 0.2) is 17.0 Å². The second-order valence-electron chi connectivity index (χ2n) is 8.51. The fraction of sp³-hybridized carbons (Fsp3) is 0.0769. The van der Waals surface area contributed by atoms with Crippen molar-refractivity contribution < 1.29 is 43.6 Å². The first-order valence-electron chi connectivity index (χ1n) is 11.0. The quantitative estimate of drug-likeness (QED) is 0.254. The van der Waals surface area contributed by atoms with Crippen LogP contribution in [0.2, 0.25) is 0 Å². The highest BCUT2D eigenvalue weighted by Crippen LogP contribution is 2.41. The Morgan fingerprint density at radius 3 is 1.87 bits per heavy atom. The van der Waals surface area contributed by atoms with E-state index in [-0.39, 0.29) is 22.0 Å². The Kier molecular flexibility index (Phi) is 5.53. The molecule has 1 saturated heterocycles. The number of hydrogen-bond donors (Lipinski definition) is 1. The van der Waals surface area contributed by atoms with Crippen LogP contribution in [0.3, 0.4) is 0 Å². The molecule has 38 heavy (non-hydrogen) atoms. The van der Waals surface area contributed by atoms with Crippen LogP contribution in [0.5, 0.6) is 0 Å². The lowest BCUT2D eigenvalue weighted by molar-refractivity contribution is -0.172. The van der Waals surface area contributed by atoms with Gasteiger partial charge in [0.25, 0.3) is 35.4 Å². The van der Waals surface area contributed by atoms with Gasteiger partial charge in [0.1, 0.15) is 0 Å². The van der Waals surface area contributed by atoms with Gasteiger partial charge in [0.05, 0.1) is 17.8 Å². The lowest BCUT2D eigenvalue weighted by Crippen LogP contribution is -2.47. The van der Waals surface area contributed by atoms with Crippen molar-refractivity contribution in [3.05, 3.63) is 84.0 Å². The number of nitrogens with zero attached hydrogens (tertiary/aromatic N) is 3. The van der Waals surface area contributed by atoms with Gasteiger partial charge in [-0.25, -0.2) is 9.80 Å². The Morgan fingerprint density at radius 1 is 0.711 bits per heavy atom. The number of carbonyl (C=O) groups excluding carboxylic acids is 8. The van der Waals surface area contributed by atoms with E-state index >= 15 is 0 Å². The second-order valence-corrected chi connectivity index (χ2v) is 8.51. The van der Waals surface area contributed by atoms with E-state index < -0.39 is 64.4 Å². The first-order chi connectivity index (χ1) is 18.1. The maximum absolute atomic E-state index is 14.0. The molecule has 0 bridgehead atoms. The number of hydroxylamine groups is 2. The van der Waals surface area contributed by atoms with E-state index in [1.54, 1.807) is 0 Å². The summed E-state index contributed by atoms with van der Waals surface area (Å²) in [5, 5.41) is 9.72. The van der Waals surface area contributed by atoms with Crippen molar-refractivity contribution >= 4 is 58.4 Å². The number of rotatable bonds is 6. The van der Waals surface area contributed by atoms with Gasteiger partial charge in [-0.1, -0.05) is 24.3 Å². The van der Waals surface area contributed by atoms with Crippen LogP contribution in [-0.4, -0.2) is 57.3 Å². The van der Waals surface area contributed by atoms with Crippen LogP contribution in [0.25, 0.3) is 0 Å². The van der Waals surface area contributed by atoms with Crippen LogP contribution < -0.4 is 9.80 Å². The lowest BCUT2D eigenvalue weighted by Gasteiger charge is -2.26. The third kappa shape index (κ3) is 3.43. The van der Waals surface area contributed by atoms with Gasteiger partial charge in [-0.2, -0.15) is 5.06 Å². The summed E-state index contributed by atoms with van der Waals surface area (Å²) < 4.78 is 0. The number of ketones is 2. The summed E-state index contributed by atoms with van der Waals surface area (Å²) in [7, 11) is 0. The monoisotopic (exact) mass is 513 g/mol. The molecule has 3 aliphatic rings. The first kappa shape index (κ1) is 24.3. The summed E-state index contributed by atoms with van der Waals surface area (Å²) >= 11 is 0. The third-order valence-electron chi connectivity index (χ3n) is 6.36. The van der Waals surface area contributed by atoms with Gasteiger partial charge in [0.2, 0.25) is 0 Å². The maximum Gasteiger partial charge on any atom is 0.275 e. The molecule has 5 rings (SSSR count). The smallest absolute Gasteiger partial charge is 0.275 e. The van der Waals surface area contributed by atoms with E-state index in [9.17, 15) is 43.6 Å². The summed E-state index contributed by atoms with van der Waals surface area (Å²) in [5.41, 5.74) is -3.76. The molecular formula is C26H15N3O9. The zero-order valence-corrected chi connectivity index (χ0v) is 19.2. The maximum atomic E-state index is 14.0. The van der Waals surface area contributed by atoms with Gasteiger partial charge >= 0.3 is 0 Å². The molecule has 1 unspecified atom stereocenters. The van der Waals surface area contributed by atoms with Crippen LogP contribution in [0.1, 0.15) is 27.1 Å². The molecule has 0 spiro atoms. The van der Waals surface area contributed by atoms with Crippen molar-refractivity contribution in [3.63, 3.8) is 0 Å². The van der Waals surface area contributed by atoms with E-state index in [1.165, 1.54) is 42.5 Å². The highest BCUT2D eigenvalue weighted by molar-refractivity contribution is 6.39. The molecule has 12 heteroatoms. The highest BCUT2D eigenvalue weighted by atomic mass is 16.5. The number of para-hydroxylation sites is 1. The van der Waals surface area contributed by atoms with Gasteiger partial charge < -0.3 is 0 Å². The van der Waals surface area contributed by atoms with E-state index in [2.05, 4.69) is 0 Å². The summed E-state index contributed by atoms with van der Waals surface area (Å²) in [6.07, 6.45) is 2.97. The van der Waals surface area contributed by atoms with Crippen molar-refractivity contribution in [2.75, 3.05) is 9.80 Å². The minimum absolute atomic E-state index is 0.0317. The molecular weight excluding hydrogens is 498 g/mol. The molecule has 2 aromatic rings. The number of Topliss-reactive ketones (excluding diaryl/α,β-unsaturated/α-hetero) is 2. The highest BCUT2D eigenvalue weighted by Gasteiger charge is 2.62. The summed E-state index contributed by atoms with van der Waals surface area (Å²) in [4.78, 5) is 104. The Hall–Kier alpha value is -5.36. The number of hydrogen-bond acceptors (Lipinski definition) is 9. The molecule has 6 amide bonds. The molecule has 1 N–H and O–H groups in total. The molecule has 0 saturated carbocycles. The van der Waals surface area contributed by atoms with E-state index in [0.717, 1.165) is 35.3 Å². The van der Waals surface area contributed by atoms with E-state index in [0.29, 0.717) is 4.90 Å². The molecule has 0 aromatic heterocycles. The molecule has 0 radical (unpaired) electrons. The Morgan fingerprint density at radius 2 is 1.29 bits per heavy atom. The lowest BCUT2D eigenvalue weighted by atomic mass is 9.72. The largest absolute Gasteiger partial charge is 0.292 e. The van der Waals surface area contributed by atoms with Gasteiger partial charge in [-0.05, 0) is 24.3 Å². The molecule has 1 atom stereocenters. The van der Waals surface area contributed by atoms with Gasteiger partial charge in [0, 0.05) is 35.4 Å². The first-order valence-corrected chi connectivity index (χ1v) is 11.0. The standard InChI is InChI=1S/C26H15N3O9/c30-18-8-9-19(31)27(18)15-5-3-4-14(12-15)23(35)26(13-22(34)29(38)25(26)37)24(36)16-6-1-2-7-17(16)28-20(32)10-11-21(28)33/h1-12,38H,13H2. The van der Waals surface area contributed by atoms with Crippen molar-refractivity contribution in [3.8, 4) is 0 Å². The Balaban J connectivity index is 1.64. The predicted molar refractivity (Wildman–Crippen MR) is 126 cm³/mol. The van der Waals surface area contributed by atoms with Crippen LogP contribution in [0, 0.1) is 5.41 Å². The molecule has 3 aliphatic heterocycles. The van der Waals surface area contributed by atoms with Gasteiger partial charge in [-0.15, -0.1) is 0 Å². The second kappa shape index (κ2) is 8.64. The van der Waals surface area contributed by atoms with Crippen molar-refractivity contribution in [2.45, 2.75) is 6.42 Å². The molecule has 3 heterocycles. The van der Waals surface area contributed by atoms with Crippen LogP contribution >= 0.6 is 0 Å². The summed E-state index contributed by atoms with van der Waals surface area (Å²) in [5.74, 6) is -8.08.